The summed E-state index contributed by atoms with van der Waals surface area (Å²) in [5, 5.41) is 0.366. The van der Waals surface area contributed by atoms with Crippen molar-refractivity contribution in [1.29, 1.82) is 0 Å². The average molecular weight is 585 g/mol. The summed E-state index contributed by atoms with van der Waals surface area (Å²) in [6.45, 7) is 11.3. The van der Waals surface area contributed by atoms with Gasteiger partial charge in [0.15, 0.2) is 16.3 Å². The third-order valence-corrected chi connectivity index (χ3v) is 7.26. The SMILES string of the molecule is CCOC(=O)C1=C(C)N=c2s/c(=C\c3cc(Cl)c(OC(C)C)c(OC)c3)c(=O)n2[C@H]1c1ccccc1OC(C)C. The van der Waals surface area contributed by atoms with Crippen molar-refractivity contribution in [2.75, 3.05) is 13.7 Å². The molecule has 40 heavy (non-hydrogen) atoms. The Morgan fingerprint density at radius 1 is 1.12 bits per heavy atom. The molecule has 2 aromatic carbocycles. The van der Waals surface area contributed by atoms with Crippen molar-refractivity contribution in [2.24, 2.45) is 4.99 Å². The van der Waals surface area contributed by atoms with E-state index in [9.17, 15) is 9.59 Å². The minimum absolute atomic E-state index is 0.0969. The lowest BCUT2D eigenvalue weighted by Gasteiger charge is -2.26. The first-order valence-electron chi connectivity index (χ1n) is 13.0. The summed E-state index contributed by atoms with van der Waals surface area (Å²) in [6.07, 6.45) is 1.52. The van der Waals surface area contributed by atoms with Gasteiger partial charge in [-0.15, -0.1) is 0 Å². The zero-order valence-electron chi connectivity index (χ0n) is 23.6. The Labute approximate surface area is 242 Å². The number of para-hydroxylation sites is 1. The van der Waals surface area contributed by atoms with Gasteiger partial charge in [-0.2, -0.15) is 0 Å². The number of nitrogens with zero attached hydrogens (tertiary/aromatic N) is 2. The lowest BCUT2D eigenvalue weighted by molar-refractivity contribution is -0.139. The standard InChI is InChI=1S/C30H33ClN2O6S/c1-8-37-29(35)25-18(6)32-30-33(26(25)20-11-9-10-12-22(20)38-16(2)3)28(34)24(40-30)15-19-13-21(31)27(39-17(4)5)23(14-19)36-7/h9-17,26H,8H2,1-7H3/b24-15-/t26-/m0/s1. The van der Waals surface area contributed by atoms with Crippen molar-refractivity contribution >= 4 is 35.0 Å². The van der Waals surface area contributed by atoms with Crippen molar-refractivity contribution in [2.45, 2.75) is 59.8 Å². The Morgan fingerprint density at radius 2 is 1.82 bits per heavy atom. The number of benzene rings is 2. The molecule has 0 saturated heterocycles. The molecule has 8 nitrogen and oxygen atoms in total. The first-order chi connectivity index (χ1) is 19.0. The normalized spacial score (nSPS) is 15.2. The van der Waals surface area contributed by atoms with Gasteiger partial charge in [0.05, 0.1) is 46.7 Å². The van der Waals surface area contributed by atoms with Crippen LogP contribution in [0, 0.1) is 0 Å². The number of carbonyl (C=O) groups excluding carboxylic acids is 1. The maximum absolute atomic E-state index is 14.0. The first kappa shape index (κ1) is 29.4. The van der Waals surface area contributed by atoms with E-state index in [2.05, 4.69) is 4.99 Å². The van der Waals surface area contributed by atoms with Crippen LogP contribution in [0.4, 0.5) is 0 Å². The number of carbonyl (C=O) groups is 1. The van der Waals surface area contributed by atoms with Gasteiger partial charge in [-0.05, 0) is 71.4 Å². The van der Waals surface area contributed by atoms with Crippen molar-refractivity contribution in [1.82, 2.24) is 4.57 Å². The number of hydrogen-bond acceptors (Lipinski definition) is 8. The van der Waals surface area contributed by atoms with Gasteiger partial charge >= 0.3 is 5.97 Å². The molecule has 0 bridgehead atoms. The lowest BCUT2D eigenvalue weighted by atomic mass is 9.95. The molecule has 212 valence electrons. The fourth-order valence-corrected chi connectivity index (χ4v) is 5.79. The molecule has 1 aliphatic heterocycles. The van der Waals surface area contributed by atoms with E-state index in [4.69, 9.17) is 30.5 Å². The molecule has 0 fully saturated rings. The molecule has 0 N–H and O–H groups in total. The van der Waals surface area contributed by atoms with Crippen molar-refractivity contribution in [3.05, 3.63) is 83.5 Å². The molecular formula is C30H33ClN2O6S. The minimum Gasteiger partial charge on any atom is -0.493 e. The number of hydrogen-bond donors (Lipinski definition) is 0. The van der Waals surface area contributed by atoms with Crippen LogP contribution < -0.4 is 29.1 Å². The number of aromatic nitrogens is 1. The second-order valence-corrected chi connectivity index (χ2v) is 11.1. The second-order valence-electron chi connectivity index (χ2n) is 9.71. The van der Waals surface area contributed by atoms with Crippen molar-refractivity contribution < 1.29 is 23.7 Å². The Balaban J connectivity index is 1.95. The van der Waals surface area contributed by atoms with E-state index < -0.39 is 12.0 Å². The van der Waals surface area contributed by atoms with Gasteiger partial charge in [0, 0.05) is 5.56 Å². The predicted octanol–water partition coefficient (Wildman–Crippen LogP) is 5.03. The predicted molar refractivity (Wildman–Crippen MR) is 156 cm³/mol. The van der Waals surface area contributed by atoms with Crippen LogP contribution in [0.2, 0.25) is 5.02 Å². The van der Waals surface area contributed by atoms with Crippen LogP contribution in [0.15, 0.2) is 57.5 Å². The summed E-state index contributed by atoms with van der Waals surface area (Å²) in [7, 11) is 1.53. The maximum atomic E-state index is 14.0. The highest BCUT2D eigenvalue weighted by molar-refractivity contribution is 7.07. The van der Waals surface area contributed by atoms with Crippen LogP contribution in [0.5, 0.6) is 17.2 Å². The molecule has 1 atom stereocenters. The molecule has 0 radical (unpaired) electrons. The number of rotatable bonds is 9. The van der Waals surface area contributed by atoms with Crippen molar-refractivity contribution in [3.8, 4) is 17.2 Å². The Hall–Kier alpha value is -3.56. The van der Waals surface area contributed by atoms with E-state index in [0.29, 0.717) is 54.0 Å². The topological polar surface area (TPSA) is 88.4 Å². The van der Waals surface area contributed by atoms with E-state index in [0.717, 1.165) is 0 Å². The van der Waals surface area contributed by atoms with Crippen LogP contribution >= 0.6 is 22.9 Å². The highest BCUT2D eigenvalue weighted by Gasteiger charge is 2.35. The van der Waals surface area contributed by atoms with Gasteiger partial charge in [-0.1, -0.05) is 41.1 Å². The van der Waals surface area contributed by atoms with Crippen LogP contribution in [-0.4, -0.2) is 36.5 Å². The van der Waals surface area contributed by atoms with E-state index >= 15 is 0 Å². The molecule has 1 aromatic heterocycles. The largest absolute Gasteiger partial charge is 0.493 e. The monoisotopic (exact) mass is 584 g/mol. The molecule has 0 amide bonds. The lowest BCUT2D eigenvalue weighted by Crippen LogP contribution is -2.40. The van der Waals surface area contributed by atoms with Crippen molar-refractivity contribution in [3.63, 3.8) is 0 Å². The quantitative estimate of drug-likeness (QED) is 0.328. The molecular weight excluding hydrogens is 552 g/mol. The highest BCUT2D eigenvalue weighted by atomic mass is 35.5. The van der Waals surface area contributed by atoms with Gasteiger partial charge in [-0.3, -0.25) is 9.36 Å². The zero-order valence-corrected chi connectivity index (χ0v) is 25.2. The Kier molecular flexibility index (Phi) is 9.05. The number of allylic oxidation sites excluding steroid dienone is 1. The summed E-state index contributed by atoms with van der Waals surface area (Å²) in [4.78, 5) is 32.3. The maximum Gasteiger partial charge on any atom is 0.338 e. The molecule has 0 aliphatic carbocycles. The molecule has 10 heteroatoms. The van der Waals surface area contributed by atoms with Gasteiger partial charge in [0.25, 0.3) is 5.56 Å². The molecule has 2 heterocycles. The van der Waals surface area contributed by atoms with Crippen LogP contribution in [-0.2, 0) is 9.53 Å². The number of esters is 1. The average Bonchev–Trinajstić information content (AvgIpc) is 3.18. The van der Waals surface area contributed by atoms with E-state index in [1.807, 2.05) is 52.0 Å². The van der Waals surface area contributed by atoms with Crippen LogP contribution in [0.25, 0.3) is 6.08 Å². The van der Waals surface area contributed by atoms with Gasteiger partial charge in [-0.25, -0.2) is 9.79 Å². The third-order valence-electron chi connectivity index (χ3n) is 6.00. The van der Waals surface area contributed by atoms with E-state index in [-0.39, 0.29) is 24.4 Å². The minimum atomic E-state index is -0.785. The molecule has 3 aromatic rings. The third kappa shape index (κ3) is 5.95. The number of ether oxygens (including phenoxy) is 4. The van der Waals surface area contributed by atoms with E-state index in [1.165, 1.54) is 23.0 Å². The van der Waals surface area contributed by atoms with Gasteiger partial charge in [0.2, 0.25) is 0 Å². The highest BCUT2D eigenvalue weighted by Crippen LogP contribution is 2.38. The molecule has 0 saturated carbocycles. The second kappa shape index (κ2) is 12.3. The molecule has 0 spiro atoms. The Bertz CT molecular complexity index is 1640. The number of fused-ring (bicyclic) bond motifs is 1. The summed E-state index contributed by atoms with van der Waals surface area (Å²) in [6, 6.07) is 10.1. The fraction of sp³-hybridized carbons (Fsp3) is 0.367. The number of methoxy groups -OCH3 is 1. The summed E-state index contributed by atoms with van der Waals surface area (Å²) in [5.41, 5.74) is 1.79. The van der Waals surface area contributed by atoms with E-state index in [1.54, 1.807) is 32.1 Å². The summed E-state index contributed by atoms with van der Waals surface area (Å²) in [5.74, 6) is 0.943. The smallest absolute Gasteiger partial charge is 0.338 e. The Morgan fingerprint density at radius 3 is 2.48 bits per heavy atom. The first-order valence-corrected chi connectivity index (χ1v) is 14.2. The number of halogens is 1. The summed E-state index contributed by atoms with van der Waals surface area (Å²) >= 11 is 7.76. The molecule has 0 unspecified atom stereocenters. The summed E-state index contributed by atoms with van der Waals surface area (Å²) < 4.78 is 24.8. The van der Waals surface area contributed by atoms with Gasteiger partial charge < -0.3 is 18.9 Å². The number of thiazole rings is 1. The van der Waals surface area contributed by atoms with Gasteiger partial charge in [0.1, 0.15) is 11.8 Å². The van der Waals surface area contributed by atoms with Crippen LogP contribution in [0.3, 0.4) is 0 Å². The fourth-order valence-electron chi connectivity index (χ4n) is 4.48. The zero-order chi connectivity index (χ0) is 29.1. The molecule has 1 aliphatic rings. The molecule has 4 rings (SSSR count). The van der Waals surface area contributed by atoms with Crippen LogP contribution in [0.1, 0.15) is 58.7 Å².